The van der Waals surface area contributed by atoms with E-state index in [1.54, 1.807) is 6.26 Å². The van der Waals surface area contributed by atoms with Gasteiger partial charge in [-0.05, 0) is 61.9 Å². The van der Waals surface area contributed by atoms with Crippen LogP contribution in [-0.2, 0) is 19.4 Å². The fourth-order valence-corrected chi connectivity index (χ4v) is 2.90. The molecule has 1 N–H and O–H groups in total. The number of rotatable bonds is 5. The number of nitrogens with one attached hydrogen (secondary N) is 1. The summed E-state index contributed by atoms with van der Waals surface area (Å²) in [6, 6.07) is 9.73. The molecule has 3 heteroatoms. The van der Waals surface area contributed by atoms with Gasteiger partial charge in [-0.2, -0.15) is 0 Å². The van der Waals surface area contributed by atoms with Crippen molar-refractivity contribution < 1.29 is 9.21 Å². The number of benzene rings is 1. The Hall–Kier alpha value is -1.87. The van der Waals surface area contributed by atoms with Crippen LogP contribution in [-0.4, -0.2) is 11.8 Å². The molecule has 21 heavy (non-hydrogen) atoms. The molecule has 1 aliphatic carbocycles. The van der Waals surface area contributed by atoms with Gasteiger partial charge >= 0.3 is 0 Å². The van der Waals surface area contributed by atoms with E-state index in [9.17, 15) is 4.79 Å². The molecular formula is C18H21NO2. The van der Waals surface area contributed by atoms with Crippen molar-refractivity contribution >= 4 is 5.78 Å². The topological polar surface area (TPSA) is 42.2 Å². The maximum absolute atomic E-state index is 12.5. The number of hydrogen-bond acceptors (Lipinski definition) is 3. The van der Waals surface area contributed by atoms with Gasteiger partial charge in [0.05, 0.1) is 18.8 Å². The van der Waals surface area contributed by atoms with Crippen molar-refractivity contribution in [2.75, 3.05) is 0 Å². The van der Waals surface area contributed by atoms with Crippen LogP contribution < -0.4 is 5.32 Å². The van der Waals surface area contributed by atoms with Gasteiger partial charge in [0.1, 0.15) is 5.76 Å². The Bertz CT molecular complexity index is 616. The highest BCUT2D eigenvalue weighted by molar-refractivity contribution is 6.00. The van der Waals surface area contributed by atoms with Crippen LogP contribution in [0.1, 0.15) is 47.0 Å². The van der Waals surface area contributed by atoms with Gasteiger partial charge in [0, 0.05) is 5.56 Å². The molecule has 0 aliphatic heterocycles. The van der Waals surface area contributed by atoms with E-state index in [-0.39, 0.29) is 11.8 Å². The van der Waals surface area contributed by atoms with Crippen LogP contribution in [0, 0.1) is 0 Å². The first kappa shape index (κ1) is 14.1. The molecule has 3 rings (SSSR count). The first-order chi connectivity index (χ1) is 10.2. The van der Waals surface area contributed by atoms with Crippen molar-refractivity contribution in [2.24, 2.45) is 0 Å². The summed E-state index contributed by atoms with van der Waals surface area (Å²) in [4.78, 5) is 12.5. The first-order valence-corrected chi connectivity index (χ1v) is 7.66. The van der Waals surface area contributed by atoms with E-state index in [0.29, 0.717) is 6.54 Å². The molecule has 1 heterocycles. The Kier molecular flexibility index (Phi) is 4.20. The molecule has 1 aliphatic rings. The van der Waals surface area contributed by atoms with Gasteiger partial charge in [-0.25, -0.2) is 0 Å². The highest BCUT2D eigenvalue weighted by Gasteiger charge is 2.17. The molecule has 0 saturated heterocycles. The van der Waals surface area contributed by atoms with Crippen LogP contribution in [0.25, 0.3) is 0 Å². The second-order valence-corrected chi connectivity index (χ2v) is 5.74. The van der Waals surface area contributed by atoms with E-state index in [4.69, 9.17) is 4.42 Å². The van der Waals surface area contributed by atoms with Crippen LogP contribution in [0.2, 0.25) is 0 Å². The minimum absolute atomic E-state index is 0.148. The van der Waals surface area contributed by atoms with E-state index >= 15 is 0 Å². The summed E-state index contributed by atoms with van der Waals surface area (Å²) < 4.78 is 5.27. The Morgan fingerprint density at radius 2 is 2.05 bits per heavy atom. The van der Waals surface area contributed by atoms with Crippen LogP contribution in [0.3, 0.4) is 0 Å². The lowest BCUT2D eigenvalue weighted by atomic mass is 9.89. The third-order valence-electron chi connectivity index (χ3n) is 4.19. The predicted octanol–water partition coefficient (Wildman–Crippen LogP) is 3.52. The Morgan fingerprint density at radius 3 is 2.81 bits per heavy atom. The second kappa shape index (κ2) is 6.27. The maximum Gasteiger partial charge on any atom is 0.179 e. The SMILES string of the molecule is CC(NCc1ccco1)C(=O)c1ccc2c(c1)CCCC2. The zero-order chi connectivity index (χ0) is 14.7. The molecule has 2 aromatic rings. The number of carbonyl (C=O) groups excluding carboxylic acids is 1. The van der Waals surface area contributed by atoms with E-state index in [0.717, 1.165) is 24.2 Å². The molecule has 0 radical (unpaired) electrons. The Balaban J connectivity index is 1.66. The van der Waals surface area contributed by atoms with E-state index in [1.807, 2.05) is 25.1 Å². The van der Waals surface area contributed by atoms with E-state index < -0.39 is 0 Å². The molecule has 1 aromatic carbocycles. The summed E-state index contributed by atoms with van der Waals surface area (Å²) in [6.07, 6.45) is 6.39. The summed E-state index contributed by atoms with van der Waals surface area (Å²) in [5, 5.41) is 3.22. The van der Waals surface area contributed by atoms with Crippen molar-refractivity contribution in [3.8, 4) is 0 Å². The Morgan fingerprint density at radius 1 is 1.24 bits per heavy atom. The van der Waals surface area contributed by atoms with Gasteiger partial charge in [-0.15, -0.1) is 0 Å². The molecule has 0 spiro atoms. The minimum Gasteiger partial charge on any atom is -0.468 e. The zero-order valence-corrected chi connectivity index (χ0v) is 12.4. The number of Topliss-reactive ketones (excluding diaryl/α,β-unsaturated/α-hetero) is 1. The average molecular weight is 283 g/mol. The van der Waals surface area contributed by atoms with E-state index in [2.05, 4.69) is 17.4 Å². The number of aryl methyl sites for hydroxylation is 2. The van der Waals surface area contributed by atoms with Crippen molar-refractivity contribution in [1.82, 2.24) is 5.32 Å². The highest BCUT2D eigenvalue weighted by atomic mass is 16.3. The summed E-state index contributed by atoms with van der Waals surface area (Å²) >= 11 is 0. The normalized spacial score (nSPS) is 15.5. The summed E-state index contributed by atoms with van der Waals surface area (Å²) in [5.41, 5.74) is 3.58. The van der Waals surface area contributed by atoms with Crippen molar-refractivity contribution in [3.05, 3.63) is 59.0 Å². The van der Waals surface area contributed by atoms with Gasteiger partial charge in [0.2, 0.25) is 0 Å². The van der Waals surface area contributed by atoms with Crippen molar-refractivity contribution in [2.45, 2.75) is 45.2 Å². The molecule has 0 amide bonds. The van der Waals surface area contributed by atoms with Gasteiger partial charge in [0.25, 0.3) is 0 Å². The summed E-state index contributed by atoms with van der Waals surface area (Å²) in [7, 11) is 0. The third-order valence-corrected chi connectivity index (χ3v) is 4.19. The molecular weight excluding hydrogens is 262 g/mol. The molecule has 0 bridgehead atoms. The van der Waals surface area contributed by atoms with Gasteiger partial charge in [0.15, 0.2) is 5.78 Å². The number of hydrogen-bond donors (Lipinski definition) is 1. The highest BCUT2D eigenvalue weighted by Crippen LogP contribution is 2.22. The standard InChI is InChI=1S/C18H21NO2/c1-13(19-12-17-7-4-10-21-17)18(20)16-9-8-14-5-2-3-6-15(14)11-16/h4,7-11,13,19H,2-3,5-6,12H2,1H3. The second-order valence-electron chi connectivity index (χ2n) is 5.74. The zero-order valence-electron chi connectivity index (χ0n) is 12.4. The Labute approximate surface area is 125 Å². The number of ketones is 1. The van der Waals surface area contributed by atoms with Crippen LogP contribution in [0.15, 0.2) is 41.0 Å². The first-order valence-electron chi connectivity index (χ1n) is 7.66. The molecule has 0 fully saturated rings. The smallest absolute Gasteiger partial charge is 0.179 e. The van der Waals surface area contributed by atoms with Gasteiger partial charge in [-0.3, -0.25) is 4.79 Å². The lowest BCUT2D eigenvalue weighted by molar-refractivity contribution is 0.0949. The van der Waals surface area contributed by atoms with Crippen LogP contribution >= 0.6 is 0 Å². The summed E-state index contributed by atoms with van der Waals surface area (Å²) in [5.74, 6) is 0.995. The van der Waals surface area contributed by atoms with Crippen LogP contribution in [0.5, 0.6) is 0 Å². The minimum atomic E-state index is -0.211. The van der Waals surface area contributed by atoms with Crippen LogP contribution in [0.4, 0.5) is 0 Å². The number of furan rings is 1. The molecule has 110 valence electrons. The fraction of sp³-hybridized carbons (Fsp3) is 0.389. The lowest BCUT2D eigenvalue weighted by Crippen LogP contribution is -2.33. The third kappa shape index (κ3) is 3.24. The van der Waals surface area contributed by atoms with E-state index in [1.165, 1.54) is 24.0 Å². The molecule has 0 saturated carbocycles. The largest absolute Gasteiger partial charge is 0.468 e. The van der Waals surface area contributed by atoms with Crippen molar-refractivity contribution in [1.29, 1.82) is 0 Å². The number of carbonyl (C=O) groups is 1. The summed E-state index contributed by atoms with van der Waals surface area (Å²) in [6.45, 7) is 2.48. The molecule has 1 unspecified atom stereocenters. The predicted molar refractivity (Wildman–Crippen MR) is 82.4 cm³/mol. The molecule has 1 atom stereocenters. The van der Waals surface area contributed by atoms with Crippen molar-refractivity contribution in [3.63, 3.8) is 0 Å². The van der Waals surface area contributed by atoms with Gasteiger partial charge in [-0.1, -0.05) is 12.1 Å². The van der Waals surface area contributed by atoms with Gasteiger partial charge < -0.3 is 9.73 Å². The molecule has 1 aromatic heterocycles. The quantitative estimate of drug-likeness (QED) is 0.854. The lowest BCUT2D eigenvalue weighted by Gasteiger charge is -2.18. The molecule has 3 nitrogen and oxygen atoms in total. The fourth-order valence-electron chi connectivity index (χ4n) is 2.90. The average Bonchev–Trinajstić information content (AvgIpc) is 3.05. The maximum atomic E-state index is 12.5. The monoisotopic (exact) mass is 283 g/mol. The number of fused-ring (bicyclic) bond motifs is 1.